The molecule has 1 fully saturated rings. The fourth-order valence-electron chi connectivity index (χ4n) is 2.40. The van der Waals surface area contributed by atoms with Crippen LogP contribution in [0.5, 0.6) is 5.88 Å². The number of amides is 1. The molecule has 1 aliphatic rings. The van der Waals surface area contributed by atoms with Crippen molar-refractivity contribution in [2.24, 2.45) is 0 Å². The summed E-state index contributed by atoms with van der Waals surface area (Å²) in [4.78, 5) is 16.5. The second kappa shape index (κ2) is 10.2. The van der Waals surface area contributed by atoms with E-state index in [9.17, 15) is 4.79 Å². The molecule has 0 aliphatic carbocycles. The van der Waals surface area contributed by atoms with E-state index in [4.69, 9.17) is 18.9 Å². The highest BCUT2D eigenvalue weighted by molar-refractivity contribution is 5.94. The van der Waals surface area contributed by atoms with Crippen LogP contribution in [0.15, 0.2) is 18.3 Å². The number of ether oxygens (including phenoxy) is 4. The predicted octanol–water partition coefficient (Wildman–Crippen LogP) is 1.77. The summed E-state index contributed by atoms with van der Waals surface area (Å²) in [6, 6.07) is 3.31. The summed E-state index contributed by atoms with van der Waals surface area (Å²) in [6.45, 7) is 6.51. The molecule has 1 amide bonds. The summed E-state index contributed by atoms with van der Waals surface area (Å²) < 4.78 is 21.9. The maximum atomic E-state index is 12.3. The summed E-state index contributed by atoms with van der Waals surface area (Å²) in [5, 5.41) is 2.81. The topological polar surface area (TPSA) is 78.9 Å². The summed E-state index contributed by atoms with van der Waals surface area (Å²) in [6.07, 6.45) is 2.89. The fraction of sp³-hybridized carbons (Fsp3) is 0.647. The molecule has 1 aromatic heterocycles. The Morgan fingerprint density at radius 1 is 1.33 bits per heavy atom. The first kappa shape index (κ1) is 18.6. The summed E-state index contributed by atoms with van der Waals surface area (Å²) >= 11 is 0. The van der Waals surface area contributed by atoms with Gasteiger partial charge in [-0.1, -0.05) is 0 Å². The van der Waals surface area contributed by atoms with Gasteiger partial charge in [0, 0.05) is 43.9 Å². The molecule has 0 unspecified atom stereocenters. The van der Waals surface area contributed by atoms with Crippen molar-refractivity contribution in [2.75, 3.05) is 33.0 Å². The zero-order valence-electron chi connectivity index (χ0n) is 14.3. The lowest BCUT2D eigenvalue weighted by Crippen LogP contribution is -2.35. The van der Waals surface area contributed by atoms with E-state index < -0.39 is 6.29 Å². The molecule has 7 nitrogen and oxygen atoms in total. The lowest BCUT2D eigenvalue weighted by atomic mass is 10.1. The van der Waals surface area contributed by atoms with E-state index in [2.05, 4.69) is 10.3 Å². The number of carbonyl (C=O) groups excluding carboxylic acids is 1. The summed E-state index contributed by atoms with van der Waals surface area (Å²) in [7, 11) is 0. The van der Waals surface area contributed by atoms with E-state index in [0.717, 1.165) is 12.8 Å². The molecule has 0 saturated carbocycles. The normalized spacial score (nSPS) is 15.5. The lowest BCUT2D eigenvalue weighted by molar-refractivity contribution is -0.131. The van der Waals surface area contributed by atoms with Crippen molar-refractivity contribution in [2.45, 2.75) is 39.1 Å². The van der Waals surface area contributed by atoms with Gasteiger partial charge in [0.2, 0.25) is 5.88 Å². The van der Waals surface area contributed by atoms with E-state index in [1.165, 1.54) is 0 Å². The predicted molar refractivity (Wildman–Crippen MR) is 88.1 cm³/mol. The van der Waals surface area contributed by atoms with Crippen LogP contribution in [0.25, 0.3) is 0 Å². The molecule has 7 heteroatoms. The monoisotopic (exact) mass is 338 g/mol. The minimum Gasteiger partial charge on any atom is -0.474 e. The average Bonchev–Trinajstić information content (AvgIpc) is 2.61. The molecular formula is C17H26N2O5. The second-order valence-corrected chi connectivity index (χ2v) is 5.36. The van der Waals surface area contributed by atoms with Crippen LogP contribution in [0.3, 0.4) is 0 Å². The highest BCUT2D eigenvalue weighted by Gasteiger charge is 2.17. The molecule has 2 rings (SSSR count). The Morgan fingerprint density at radius 2 is 2.04 bits per heavy atom. The SMILES string of the molecule is CCOC(CNC(=O)c1ccnc(OC2CCOCC2)c1)OCC. The molecule has 0 spiro atoms. The van der Waals surface area contributed by atoms with E-state index in [0.29, 0.717) is 44.4 Å². The molecular weight excluding hydrogens is 312 g/mol. The molecule has 2 heterocycles. The zero-order chi connectivity index (χ0) is 17.2. The van der Waals surface area contributed by atoms with Crippen molar-refractivity contribution in [3.05, 3.63) is 23.9 Å². The third kappa shape index (κ3) is 6.07. The van der Waals surface area contributed by atoms with Gasteiger partial charge >= 0.3 is 0 Å². The summed E-state index contributed by atoms with van der Waals surface area (Å²) in [5.74, 6) is 0.249. The van der Waals surface area contributed by atoms with E-state index in [1.807, 2.05) is 13.8 Å². The van der Waals surface area contributed by atoms with Crippen LogP contribution >= 0.6 is 0 Å². The van der Waals surface area contributed by atoms with Gasteiger partial charge in [-0.25, -0.2) is 4.98 Å². The first-order valence-corrected chi connectivity index (χ1v) is 8.44. The standard InChI is InChI=1S/C17H26N2O5/c1-3-22-16(23-4-2)12-19-17(20)13-5-8-18-15(11-13)24-14-6-9-21-10-7-14/h5,8,11,14,16H,3-4,6-7,9-10,12H2,1-2H3,(H,19,20). The Morgan fingerprint density at radius 3 is 2.71 bits per heavy atom. The number of hydrogen-bond acceptors (Lipinski definition) is 6. The van der Waals surface area contributed by atoms with Gasteiger partial charge < -0.3 is 24.3 Å². The second-order valence-electron chi connectivity index (χ2n) is 5.36. The first-order valence-electron chi connectivity index (χ1n) is 8.44. The first-order chi connectivity index (χ1) is 11.7. The Kier molecular flexibility index (Phi) is 7.94. The van der Waals surface area contributed by atoms with Crippen molar-refractivity contribution < 1.29 is 23.7 Å². The number of nitrogens with one attached hydrogen (secondary N) is 1. The molecule has 0 radical (unpaired) electrons. The quantitative estimate of drug-likeness (QED) is 0.691. The van der Waals surface area contributed by atoms with Crippen molar-refractivity contribution in [1.82, 2.24) is 10.3 Å². The van der Waals surface area contributed by atoms with Gasteiger partial charge in [-0.15, -0.1) is 0 Å². The third-order valence-electron chi connectivity index (χ3n) is 3.59. The molecule has 1 aliphatic heterocycles. The Hall–Kier alpha value is -1.70. The minimum atomic E-state index is -0.441. The number of aromatic nitrogens is 1. The molecule has 0 aromatic carbocycles. The number of nitrogens with zero attached hydrogens (tertiary/aromatic N) is 1. The Bertz CT molecular complexity index is 500. The van der Waals surface area contributed by atoms with Crippen LogP contribution in [0.1, 0.15) is 37.0 Å². The summed E-state index contributed by atoms with van der Waals surface area (Å²) in [5.41, 5.74) is 0.499. The van der Waals surface area contributed by atoms with Crippen LogP contribution in [-0.4, -0.2) is 56.3 Å². The van der Waals surface area contributed by atoms with Gasteiger partial charge in [-0.3, -0.25) is 4.79 Å². The maximum Gasteiger partial charge on any atom is 0.251 e. The molecule has 1 N–H and O–H groups in total. The van der Waals surface area contributed by atoms with Crippen molar-refractivity contribution >= 4 is 5.91 Å². The molecule has 24 heavy (non-hydrogen) atoms. The van der Waals surface area contributed by atoms with Crippen molar-refractivity contribution in [3.63, 3.8) is 0 Å². The Labute approximate surface area is 142 Å². The van der Waals surface area contributed by atoms with E-state index in [1.54, 1.807) is 18.3 Å². The van der Waals surface area contributed by atoms with Crippen LogP contribution in [-0.2, 0) is 14.2 Å². The molecule has 1 saturated heterocycles. The molecule has 0 atom stereocenters. The van der Waals surface area contributed by atoms with Crippen molar-refractivity contribution in [3.8, 4) is 5.88 Å². The average molecular weight is 338 g/mol. The number of carbonyl (C=O) groups is 1. The number of hydrogen-bond donors (Lipinski definition) is 1. The van der Waals surface area contributed by atoms with Gasteiger partial charge in [0.1, 0.15) is 6.10 Å². The zero-order valence-corrected chi connectivity index (χ0v) is 14.3. The number of pyridine rings is 1. The maximum absolute atomic E-state index is 12.3. The molecule has 134 valence electrons. The molecule has 0 bridgehead atoms. The van der Waals surface area contributed by atoms with Crippen molar-refractivity contribution in [1.29, 1.82) is 0 Å². The fourth-order valence-corrected chi connectivity index (χ4v) is 2.40. The van der Waals surface area contributed by atoms with Crippen LogP contribution in [0.2, 0.25) is 0 Å². The largest absolute Gasteiger partial charge is 0.474 e. The van der Waals surface area contributed by atoms with Gasteiger partial charge in [0.15, 0.2) is 6.29 Å². The minimum absolute atomic E-state index is 0.0878. The van der Waals surface area contributed by atoms with E-state index in [-0.39, 0.29) is 12.0 Å². The van der Waals surface area contributed by atoms with Crippen LogP contribution in [0.4, 0.5) is 0 Å². The lowest BCUT2D eigenvalue weighted by Gasteiger charge is -2.22. The number of rotatable bonds is 9. The van der Waals surface area contributed by atoms with Crippen LogP contribution < -0.4 is 10.1 Å². The highest BCUT2D eigenvalue weighted by atomic mass is 16.7. The Balaban J connectivity index is 1.88. The van der Waals surface area contributed by atoms with Gasteiger partial charge in [-0.2, -0.15) is 0 Å². The molecule has 1 aromatic rings. The van der Waals surface area contributed by atoms with Crippen LogP contribution in [0, 0.1) is 0 Å². The smallest absolute Gasteiger partial charge is 0.251 e. The van der Waals surface area contributed by atoms with Gasteiger partial charge in [0.05, 0.1) is 19.8 Å². The van der Waals surface area contributed by atoms with Gasteiger partial charge in [0.25, 0.3) is 5.91 Å². The van der Waals surface area contributed by atoms with E-state index >= 15 is 0 Å². The highest BCUT2D eigenvalue weighted by Crippen LogP contribution is 2.16. The van der Waals surface area contributed by atoms with Gasteiger partial charge in [-0.05, 0) is 19.9 Å². The third-order valence-corrected chi connectivity index (χ3v) is 3.59.